The van der Waals surface area contributed by atoms with Gasteiger partial charge in [-0.25, -0.2) is 0 Å². The summed E-state index contributed by atoms with van der Waals surface area (Å²) in [6.45, 7) is 6.08. The first kappa shape index (κ1) is 17.0. The van der Waals surface area contributed by atoms with Crippen LogP contribution in [-0.4, -0.2) is 36.9 Å². The van der Waals surface area contributed by atoms with Crippen LogP contribution < -0.4 is 17.1 Å². The molecule has 0 atom stereocenters. The molecule has 0 aliphatic carbocycles. The molecule has 1 aliphatic heterocycles. The SMILES string of the molecule is CC(=O)c1ccc(OCCCCN2CCCC2)cc1.[Cl-]. The summed E-state index contributed by atoms with van der Waals surface area (Å²) in [4.78, 5) is 13.7. The van der Waals surface area contributed by atoms with Crippen LogP contribution in [-0.2, 0) is 0 Å². The molecule has 2 rings (SSSR count). The Morgan fingerprint density at radius 3 is 2.40 bits per heavy atom. The number of hydrogen-bond acceptors (Lipinski definition) is 3. The first-order valence-corrected chi connectivity index (χ1v) is 7.22. The van der Waals surface area contributed by atoms with Gasteiger partial charge in [0.2, 0.25) is 0 Å². The minimum atomic E-state index is 0. The lowest BCUT2D eigenvalue weighted by atomic mass is 10.1. The van der Waals surface area contributed by atoms with E-state index in [2.05, 4.69) is 4.90 Å². The first-order valence-electron chi connectivity index (χ1n) is 7.22. The average Bonchev–Trinajstić information content (AvgIpc) is 2.92. The van der Waals surface area contributed by atoms with E-state index in [0.29, 0.717) is 0 Å². The molecule has 0 N–H and O–H groups in total. The van der Waals surface area contributed by atoms with Gasteiger partial charge in [-0.2, -0.15) is 0 Å². The average molecular weight is 297 g/mol. The van der Waals surface area contributed by atoms with E-state index >= 15 is 0 Å². The van der Waals surface area contributed by atoms with Gasteiger partial charge in [-0.15, -0.1) is 0 Å². The monoisotopic (exact) mass is 296 g/mol. The largest absolute Gasteiger partial charge is 1.00 e. The molecule has 3 nitrogen and oxygen atoms in total. The number of ketones is 1. The minimum absolute atomic E-state index is 0. The van der Waals surface area contributed by atoms with Crippen molar-refractivity contribution >= 4 is 5.78 Å². The fourth-order valence-corrected chi connectivity index (χ4v) is 2.42. The second kappa shape index (κ2) is 8.98. The van der Waals surface area contributed by atoms with Gasteiger partial charge in [0, 0.05) is 5.56 Å². The maximum Gasteiger partial charge on any atom is 0.159 e. The summed E-state index contributed by atoms with van der Waals surface area (Å²) in [5.74, 6) is 0.948. The topological polar surface area (TPSA) is 29.5 Å². The molecule has 0 amide bonds. The van der Waals surface area contributed by atoms with E-state index in [1.807, 2.05) is 24.3 Å². The number of carbonyl (C=O) groups excluding carboxylic acids is 1. The van der Waals surface area contributed by atoms with Gasteiger partial charge in [-0.3, -0.25) is 4.79 Å². The molecule has 0 unspecified atom stereocenters. The number of nitrogens with zero attached hydrogens (tertiary/aromatic N) is 1. The van der Waals surface area contributed by atoms with Crippen LogP contribution in [0.1, 0.15) is 43.0 Å². The van der Waals surface area contributed by atoms with Crippen LogP contribution in [0.15, 0.2) is 24.3 Å². The molecular formula is C16H23ClNO2-. The van der Waals surface area contributed by atoms with Gasteiger partial charge in [0.25, 0.3) is 0 Å². The number of benzene rings is 1. The summed E-state index contributed by atoms with van der Waals surface area (Å²) in [7, 11) is 0. The number of halogens is 1. The van der Waals surface area contributed by atoms with Gasteiger partial charge in [0.1, 0.15) is 5.75 Å². The lowest BCUT2D eigenvalue weighted by Crippen LogP contribution is -3.00. The van der Waals surface area contributed by atoms with E-state index in [9.17, 15) is 4.79 Å². The zero-order valence-electron chi connectivity index (χ0n) is 12.1. The van der Waals surface area contributed by atoms with Gasteiger partial charge >= 0.3 is 0 Å². The van der Waals surface area contributed by atoms with Crippen LogP contribution in [0.4, 0.5) is 0 Å². The highest BCUT2D eigenvalue weighted by atomic mass is 35.5. The van der Waals surface area contributed by atoms with Crippen molar-refractivity contribution in [3.05, 3.63) is 29.8 Å². The highest BCUT2D eigenvalue weighted by Crippen LogP contribution is 2.13. The molecule has 20 heavy (non-hydrogen) atoms. The van der Waals surface area contributed by atoms with Crippen molar-refractivity contribution in [2.24, 2.45) is 0 Å². The summed E-state index contributed by atoms with van der Waals surface area (Å²) < 4.78 is 5.68. The number of likely N-dealkylation sites (tertiary alicyclic amines) is 1. The Bertz CT molecular complexity index is 399. The van der Waals surface area contributed by atoms with E-state index in [1.54, 1.807) is 6.92 Å². The molecule has 112 valence electrons. The van der Waals surface area contributed by atoms with E-state index < -0.39 is 0 Å². The van der Waals surface area contributed by atoms with Crippen molar-refractivity contribution in [3.63, 3.8) is 0 Å². The Morgan fingerprint density at radius 2 is 1.80 bits per heavy atom. The highest BCUT2D eigenvalue weighted by molar-refractivity contribution is 5.94. The molecule has 0 saturated carbocycles. The second-order valence-corrected chi connectivity index (χ2v) is 5.18. The van der Waals surface area contributed by atoms with Crippen molar-refractivity contribution in [2.75, 3.05) is 26.2 Å². The Hall–Kier alpha value is -1.06. The molecule has 1 saturated heterocycles. The van der Waals surface area contributed by atoms with Crippen LogP contribution in [0.2, 0.25) is 0 Å². The van der Waals surface area contributed by atoms with Crippen molar-refractivity contribution < 1.29 is 21.9 Å². The summed E-state index contributed by atoms with van der Waals surface area (Å²) in [5.41, 5.74) is 0.737. The molecule has 1 heterocycles. The number of unbranched alkanes of at least 4 members (excludes halogenated alkanes) is 1. The Kier molecular flexibility index (Phi) is 7.63. The number of carbonyl (C=O) groups is 1. The van der Waals surface area contributed by atoms with Crippen LogP contribution in [0, 0.1) is 0 Å². The van der Waals surface area contributed by atoms with E-state index in [-0.39, 0.29) is 18.2 Å². The zero-order valence-corrected chi connectivity index (χ0v) is 12.9. The predicted octanol–water partition coefficient (Wildman–Crippen LogP) is 0.148. The predicted molar refractivity (Wildman–Crippen MR) is 76.8 cm³/mol. The van der Waals surface area contributed by atoms with Crippen molar-refractivity contribution in [3.8, 4) is 5.75 Å². The minimum Gasteiger partial charge on any atom is -1.00 e. The first-order chi connectivity index (χ1) is 9.25. The standard InChI is InChI=1S/C16H23NO2.ClH/c1-14(18)15-6-8-16(9-7-15)19-13-5-4-12-17-10-2-3-11-17;/h6-9H,2-5,10-13H2,1H3;1H/p-1. The Balaban J connectivity index is 0.00000200. The number of ether oxygens (including phenoxy) is 1. The Labute approximate surface area is 127 Å². The van der Waals surface area contributed by atoms with Gasteiger partial charge in [-0.05, 0) is 76.5 Å². The third-order valence-corrected chi connectivity index (χ3v) is 3.60. The quantitative estimate of drug-likeness (QED) is 0.530. The molecule has 4 heteroatoms. The van der Waals surface area contributed by atoms with Crippen LogP contribution >= 0.6 is 0 Å². The summed E-state index contributed by atoms with van der Waals surface area (Å²) in [5, 5.41) is 0. The Morgan fingerprint density at radius 1 is 1.15 bits per heavy atom. The third-order valence-electron chi connectivity index (χ3n) is 3.60. The number of rotatable bonds is 7. The smallest absolute Gasteiger partial charge is 0.159 e. The lowest BCUT2D eigenvalue weighted by molar-refractivity contribution is -0.0000125. The summed E-state index contributed by atoms with van der Waals surface area (Å²) in [6, 6.07) is 7.39. The molecule has 1 aromatic rings. The summed E-state index contributed by atoms with van der Waals surface area (Å²) >= 11 is 0. The normalized spacial score (nSPS) is 14.8. The second-order valence-electron chi connectivity index (χ2n) is 5.18. The van der Waals surface area contributed by atoms with Gasteiger partial charge in [0.05, 0.1) is 6.61 Å². The van der Waals surface area contributed by atoms with Crippen molar-refractivity contribution in [1.29, 1.82) is 0 Å². The van der Waals surface area contributed by atoms with Gasteiger partial charge in [0.15, 0.2) is 5.78 Å². The lowest BCUT2D eigenvalue weighted by Gasteiger charge is -2.14. The van der Waals surface area contributed by atoms with E-state index in [0.717, 1.165) is 24.3 Å². The number of Topliss-reactive ketones (excluding diaryl/α,β-unsaturated/α-hetero) is 1. The molecule has 0 bridgehead atoms. The maximum atomic E-state index is 11.1. The molecular weight excluding hydrogens is 274 g/mol. The van der Waals surface area contributed by atoms with Gasteiger partial charge in [-0.1, -0.05) is 0 Å². The van der Waals surface area contributed by atoms with Crippen molar-refractivity contribution in [1.82, 2.24) is 4.90 Å². The molecule has 0 spiro atoms. The highest BCUT2D eigenvalue weighted by Gasteiger charge is 2.10. The fourth-order valence-electron chi connectivity index (χ4n) is 2.42. The van der Waals surface area contributed by atoms with E-state index in [1.165, 1.54) is 38.9 Å². The van der Waals surface area contributed by atoms with Crippen LogP contribution in [0.25, 0.3) is 0 Å². The molecule has 1 fully saturated rings. The molecule has 1 aliphatic rings. The van der Waals surface area contributed by atoms with Crippen molar-refractivity contribution in [2.45, 2.75) is 32.6 Å². The molecule has 0 radical (unpaired) electrons. The molecule has 0 aromatic heterocycles. The van der Waals surface area contributed by atoms with Crippen LogP contribution in [0.3, 0.4) is 0 Å². The number of hydrogen-bond donors (Lipinski definition) is 0. The molecule has 1 aromatic carbocycles. The van der Waals surface area contributed by atoms with Crippen LogP contribution in [0.5, 0.6) is 5.75 Å². The van der Waals surface area contributed by atoms with E-state index in [4.69, 9.17) is 4.74 Å². The maximum absolute atomic E-state index is 11.1. The van der Waals surface area contributed by atoms with Gasteiger partial charge < -0.3 is 22.0 Å². The fraction of sp³-hybridized carbons (Fsp3) is 0.562. The third kappa shape index (κ3) is 5.51. The summed E-state index contributed by atoms with van der Waals surface area (Å²) in [6.07, 6.45) is 5.01. The zero-order chi connectivity index (χ0) is 13.5.